The van der Waals surface area contributed by atoms with Crippen LogP contribution in [0.3, 0.4) is 0 Å². The van der Waals surface area contributed by atoms with Crippen LogP contribution in [0.15, 0.2) is 0 Å². The highest BCUT2D eigenvalue weighted by molar-refractivity contribution is 5.77. The Morgan fingerprint density at radius 2 is 1.61 bits per heavy atom. The van der Waals surface area contributed by atoms with Gasteiger partial charge < -0.3 is 24.6 Å². The fourth-order valence-corrected chi connectivity index (χ4v) is 2.10. The minimum absolute atomic E-state index is 0.0513. The second-order valence-electron chi connectivity index (χ2n) is 6.25. The molecule has 0 bridgehead atoms. The van der Waals surface area contributed by atoms with E-state index in [2.05, 4.69) is 5.32 Å². The van der Waals surface area contributed by atoms with Gasteiger partial charge in [-0.15, -0.1) is 0 Å². The molecule has 3 amide bonds. The predicted molar refractivity (Wildman–Crippen MR) is 84.0 cm³/mol. The van der Waals surface area contributed by atoms with Crippen LogP contribution in [0.5, 0.6) is 0 Å². The second-order valence-corrected chi connectivity index (χ2v) is 6.25. The van der Waals surface area contributed by atoms with Crippen LogP contribution in [-0.2, 0) is 14.3 Å². The number of hydrogen-bond acceptors (Lipinski definition) is 5. The third-order valence-electron chi connectivity index (χ3n) is 3.17. The Balaban J connectivity index is 2.24. The molecule has 8 heteroatoms. The van der Waals surface area contributed by atoms with Gasteiger partial charge in [0.2, 0.25) is 5.91 Å². The molecule has 1 saturated heterocycles. The van der Waals surface area contributed by atoms with Gasteiger partial charge in [0.1, 0.15) is 5.60 Å². The van der Waals surface area contributed by atoms with Crippen LogP contribution in [-0.4, -0.2) is 72.8 Å². The van der Waals surface area contributed by atoms with Crippen molar-refractivity contribution in [2.45, 2.75) is 39.7 Å². The standard InChI is InChI=1S/C15H27N3O5/c1-5-22-14(21)18-10-8-17(9-11-18)12(19)6-7-16-13(20)23-15(2,3)4/h5-11H2,1-4H3,(H,16,20). The van der Waals surface area contributed by atoms with Gasteiger partial charge in [0.15, 0.2) is 0 Å². The molecule has 0 aliphatic carbocycles. The van der Waals surface area contributed by atoms with Crippen LogP contribution in [0.4, 0.5) is 9.59 Å². The molecule has 0 unspecified atom stereocenters. The predicted octanol–water partition coefficient (Wildman–Crippen LogP) is 1.20. The van der Waals surface area contributed by atoms with E-state index in [1.54, 1.807) is 37.5 Å². The monoisotopic (exact) mass is 329 g/mol. The van der Waals surface area contributed by atoms with Crippen molar-refractivity contribution >= 4 is 18.1 Å². The third kappa shape index (κ3) is 7.21. The number of hydrogen-bond donors (Lipinski definition) is 1. The summed E-state index contributed by atoms with van der Waals surface area (Å²) in [5, 5.41) is 2.56. The Bertz CT molecular complexity index is 425. The summed E-state index contributed by atoms with van der Waals surface area (Å²) in [6, 6.07) is 0. The molecule has 1 aliphatic heterocycles. The molecule has 23 heavy (non-hydrogen) atoms. The number of amides is 3. The Kier molecular flexibility index (Phi) is 7.12. The van der Waals surface area contributed by atoms with E-state index in [0.717, 1.165) is 0 Å². The summed E-state index contributed by atoms with van der Waals surface area (Å²) < 4.78 is 10.0. The number of carbonyl (C=O) groups is 3. The van der Waals surface area contributed by atoms with Crippen molar-refractivity contribution in [1.29, 1.82) is 0 Å². The van der Waals surface area contributed by atoms with Crippen molar-refractivity contribution in [3.63, 3.8) is 0 Å². The zero-order chi connectivity index (χ0) is 17.5. The topological polar surface area (TPSA) is 88.2 Å². The summed E-state index contributed by atoms with van der Waals surface area (Å²) in [5.41, 5.74) is -0.558. The first kappa shape index (κ1) is 19.1. The minimum Gasteiger partial charge on any atom is -0.450 e. The van der Waals surface area contributed by atoms with E-state index < -0.39 is 11.7 Å². The molecule has 1 heterocycles. The Morgan fingerprint density at radius 3 is 2.13 bits per heavy atom. The Morgan fingerprint density at radius 1 is 1.04 bits per heavy atom. The van der Waals surface area contributed by atoms with Crippen LogP contribution < -0.4 is 5.32 Å². The van der Waals surface area contributed by atoms with Gasteiger partial charge in [-0.2, -0.15) is 0 Å². The Hall–Kier alpha value is -1.99. The molecule has 1 rings (SSSR count). The number of carbonyl (C=O) groups excluding carboxylic acids is 3. The van der Waals surface area contributed by atoms with Gasteiger partial charge in [0, 0.05) is 39.1 Å². The van der Waals surface area contributed by atoms with Crippen molar-refractivity contribution < 1.29 is 23.9 Å². The molecule has 132 valence electrons. The maximum absolute atomic E-state index is 12.1. The van der Waals surface area contributed by atoms with Crippen LogP contribution >= 0.6 is 0 Å². The first-order valence-electron chi connectivity index (χ1n) is 7.89. The van der Waals surface area contributed by atoms with Gasteiger partial charge >= 0.3 is 12.2 Å². The fraction of sp³-hybridized carbons (Fsp3) is 0.800. The molecular weight excluding hydrogens is 302 g/mol. The molecule has 0 aromatic carbocycles. The van der Waals surface area contributed by atoms with E-state index in [9.17, 15) is 14.4 Å². The lowest BCUT2D eigenvalue weighted by Gasteiger charge is -2.34. The Labute approximate surface area is 137 Å². The van der Waals surface area contributed by atoms with Crippen molar-refractivity contribution in [3.05, 3.63) is 0 Å². The van der Waals surface area contributed by atoms with Crippen molar-refractivity contribution in [2.75, 3.05) is 39.3 Å². The van der Waals surface area contributed by atoms with E-state index in [0.29, 0.717) is 32.8 Å². The maximum atomic E-state index is 12.1. The first-order chi connectivity index (χ1) is 10.7. The third-order valence-corrected chi connectivity index (χ3v) is 3.17. The van der Waals surface area contributed by atoms with Crippen molar-refractivity contribution in [2.24, 2.45) is 0 Å². The van der Waals surface area contributed by atoms with Crippen LogP contribution in [0, 0.1) is 0 Å². The van der Waals surface area contributed by atoms with Gasteiger partial charge in [0.25, 0.3) is 0 Å². The van der Waals surface area contributed by atoms with E-state index in [-0.39, 0.29) is 25.0 Å². The quantitative estimate of drug-likeness (QED) is 0.837. The van der Waals surface area contributed by atoms with Gasteiger partial charge in [-0.3, -0.25) is 4.79 Å². The molecule has 8 nitrogen and oxygen atoms in total. The maximum Gasteiger partial charge on any atom is 0.409 e. The fourth-order valence-electron chi connectivity index (χ4n) is 2.10. The lowest BCUT2D eigenvalue weighted by Crippen LogP contribution is -2.51. The zero-order valence-electron chi connectivity index (χ0n) is 14.4. The summed E-state index contributed by atoms with van der Waals surface area (Å²) in [6.45, 7) is 9.54. The van der Waals surface area contributed by atoms with E-state index >= 15 is 0 Å². The highest BCUT2D eigenvalue weighted by Gasteiger charge is 2.24. The van der Waals surface area contributed by atoms with Gasteiger partial charge in [-0.1, -0.05) is 0 Å². The molecular formula is C15H27N3O5. The normalized spacial score (nSPS) is 15.1. The lowest BCUT2D eigenvalue weighted by molar-refractivity contribution is -0.132. The van der Waals surface area contributed by atoms with Crippen LogP contribution in [0.2, 0.25) is 0 Å². The average Bonchev–Trinajstić information content (AvgIpc) is 2.45. The molecule has 1 N–H and O–H groups in total. The smallest absolute Gasteiger partial charge is 0.409 e. The number of nitrogens with one attached hydrogen (secondary N) is 1. The number of rotatable bonds is 4. The molecule has 0 atom stereocenters. The SMILES string of the molecule is CCOC(=O)N1CCN(C(=O)CCNC(=O)OC(C)(C)C)CC1. The molecule has 0 radical (unpaired) electrons. The molecule has 0 aromatic heterocycles. The van der Waals surface area contributed by atoms with E-state index in [1.807, 2.05) is 0 Å². The highest BCUT2D eigenvalue weighted by atomic mass is 16.6. The molecule has 1 fully saturated rings. The largest absolute Gasteiger partial charge is 0.450 e. The van der Waals surface area contributed by atoms with E-state index in [1.165, 1.54) is 0 Å². The molecule has 1 aliphatic rings. The second kappa shape index (κ2) is 8.59. The highest BCUT2D eigenvalue weighted by Crippen LogP contribution is 2.07. The number of nitrogens with zero attached hydrogens (tertiary/aromatic N) is 2. The number of alkyl carbamates (subject to hydrolysis) is 1. The summed E-state index contributed by atoms with van der Waals surface area (Å²) in [5.74, 6) is -0.0513. The van der Waals surface area contributed by atoms with Gasteiger partial charge in [-0.25, -0.2) is 9.59 Å². The van der Waals surface area contributed by atoms with Gasteiger partial charge in [-0.05, 0) is 27.7 Å². The summed E-state index contributed by atoms with van der Waals surface area (Å²) in [7, 11) is 0. The van der Waals surface area contributed by atoms with E-state index in [4.69, 9.17) is 9.47 Å². The average molecular weight is 329 g/mol. The summed E-state index contributed by atoms with van der Waals surface area (Å²) in [6.07, 6.45) is -0.665. The zero-order valence-corrected chi connectivity index (χ0v) is 14.4. The first-order valence-corrected chi connectivity index (χ1v) is 7.89. The number of ether oxygens (including phenoxy) is 2. The summed E-state index contributed by atoms with van der Waals surface area (Å²) >= 11 is 0. The lowest BCUT2D eigenvalue weighted by atomic mass is 10.2. The van der Waals surface area contributed by atoms with Crippen molar-refractivity contribution in [3.8, 4) is 0 Å². The number of piperazine rings is 1. The summed E-state index contributed by atoms with van der Waals surface area (Å²) in [4.78, 5) is 38.4. The minimum atomic E-state index is -0.558. The van der Waals surface area contributed by atoms with Gasteiger partial charge in [0.05, 0.1) is 6.61 Å². The molecule has 0 saturated carbocycles. The van der Waals surface area contributed by atoms with Crippen LogP contribution in [0.1, 0.15) is 34.1 Å². The molecule has 0 spiro atoms. The van der Waals surface area contributed by atoms with Crippen LogP contribution in [0.25, 0.3) is 0 Å². The molecule has 0 aromatic rings. The van der Waals surface area contributed by atoms with Crippen molar-refractivity contribution in [1.82, 2.24) is 15.1 Å².